The fourth-order valence-electron chi connectivity index (χ4n) is 1.72. The molecule has 1 N–H and O–H groups in total. The summed E-state index contributed by atoms with van der Waals surface area (Å²) in [5.41, 5.74) is 1.55. The van der Waals surface area contributed by atoms with Crippen molar-refractivity contribution < 1.29 is 14.6 Å². The fraction of sp³-hybridized carbons (Fsp3) is 0. The van der Waals surface area contributed by atoms with Crippen LogP contribution in [0.15, 0.2) is 52.0 Å². The molecule has 0 radical (unpaired) electrons. The Morgan fingerprint density at radius 2 is 1.58 bits per heavy atom. The van der Waals surface area contributed by atoms with Gasteiger partial charge in [0, 0.05) is 16.6 Å². The number of halogens is 1. The van der Waals surface area contributed by atoms with Gasteiger partial charge in [-0.1, -0.05) is 28.1 Å². The SMILES string of the molecule is O=C(N/N=C\c1ccc(Br)cc1)c1cc([N+](=O)[O-])cc([N+](=O)[O-])c1. The van der Waals surface area contributed by atoms with Crippen LogP contribution >= 0.6 is 15.9 Å². The highest BCUT2D eigenvalue weighted by molar-refractivity contribution is 9.10. The van der Waals surface area contributed by atoms with E-state index in [0.717, 1.165) is 22.7 Å². The van der Waals surface area contributed by atoms with Crippen LogP contribution in [-0.4, -0.2) is 22.0 Å². The maximum absolute atomic E-state index is 12.0. The summed E-state index contributed by atoms with van der Waals surface area (Å²) >= 11 is 3.28. The third-order valence-electron chi connectivity index (χ3n) is 2.84. The Labute approximate surface area is 143 Å². The highest BCUT2D eigenvalue weighted by Gasteiger charge is 2.19. The molecule has 0 aliphatic carbocycles. The Morgan fingerprint density at radius 3 is 2.08 bits per heavy atom. The number of hydrogen-bond donors (Lipinski definition) is 1. The molecule has 2 aromatic carbocycles. The van der Waals surface area contributed by atoms with E-state index in [1.165, 1.54) is 6.21 Å². The molecule has 0 heterocycles. The normalized spacial score (nSPS) is 10.5. The number of nitro groups is 2. The molecule has 24 heavy (non-hydrogen) atoms. The van der Waals surface area contributed by atoms with E-state index in [-0.39, 0.29) is 5.56 Å². The predicted molar refractivity (Wildman–Crippen MR) is 89.0 cm³/mol. The molecule has 1 amide bonds. The first-order valence-corrected chi connectivity index (χ1v) is 7.19. The zero-order valence-corrected chi connectivity index (χ0v) is 13.5. The van der Waals surface area contributed by atoms with Crippen molar-refractivity contribution in [2.75, 3.05) is 0 Å². The number of nitrogens with zero attached hydrogens (tertiary/aromatic N) is 3. The van der Waals surface area contributed by atoms with Gasteiger partial charge in [-0.2, -0.15) is 5.10 Å². The number of carbonyl (C=O) groups excluding carboxylic acids is 1. The average molecular weight is 393 g/mol. The summed E-state index contributed by atoms with van der Waals surface area (Å²) in [6.07, 6.45) is 1.37. The van der Waals surface area contributed by atoms with Gasteiger partial charge < -0.3 is 0 Å². The lowest BCUT2D eigenvalue weighted by atomic mass is 10.1. The van der Waals surface area contributed by atoms with Gasteiger partial charge in [-0.05, 0) is 17.7 Å². The molecule has 0 atom stereocenters. The van der Waals surface area contributed by atoms with Gasteiger partial charge in [0.25, 0.3) is 17.3 Å². The molecular formula is C14H9BrN4O5. The van der Waals surface area contributed by atoms with Crippen LogP contribution < -0.4 is 5.43 Å². The average Bonchev–Trinajstić information content (AvgIpc) is 2.56. The van der Waals surface area contributed by atoms with E-state index in [1.807, 2.05) is 0 Å². The van der Waals surface area contributed by atoms with E-state index in [4.69, 9.17) is 0 Å². The summed E-state index contributed by atoms with van der Waals surface area (Å²) in [6.45, 7) is 0. The van der Waals surface area contributed by atoms with Gasteiger partial charge in [0.15, 0.2) is 0 Å². The monoisotopic (exact) mass is 392 g/mol. The summed E-state index contributed by atoms with van der Waals surface area (Å²) < 4.78 is 0.882. The molecule has 122 valence electrons. The van der Waals surface area contributed by atoms with Gasteiger partial charge in [-0.25, -0.2) is 5.43 Å². The lowest BCUT2D eigenvalue weighted by Crippen LogP contribution is -2.18. The van der Waals surface area contributed by atoms with E-state index in [2.05, 4.69) is 26.5 Å². The van der Waals surface area contributed by atoms with E-state index in [1.54, 1.807) is 24.3 Å². The van der Waals surface area contributed by atoms with Crippen LogP contribution in [0.4, 0.5) is 11.4 Å². The van der Waals surface area contributed by atoms with Crippen molar-refractivity contribution in [3.8, 4) is 0 Å². The van der Waals surface area contributed by atoms with E-state index in [9.17, 15) is 25.0 Å². The summed E-state index contributed by atoms with van der Waals surface area (Å²) in [7, 11) is 0. The van der Waals surface area contributed by atoms with Crippen LogP contribution in [0, 0.1) is 20.2 Å². The Balaban J connectivity index is 2.18. The number of rotatable bonds is 5. The van der Waals surface area contributed by atoms with Gasteiger partial charge in [-0.15, -0.1) is 0 Å². The topological polar surface area (TPSA) is 128 Å². The van der Waals surface area contributed by atoms with E-state index in [0.29, 0.717) is 5.56 Å². The molecule has 2 aromatic rings. The van der Waals surface area contributed by atoms with Crippen molar-refractivity contribution in [1.29, 1.82) is 0 Å². The molecule has 0 unspecified atom stereocenters. The number of carbonyl (C=O) groups is 1. The molecule has 0 saturated carbocycles. The fourth-order valence-corrected chi connectivity index (χ4v) is 1.98. The molecule has 0 aliphatic heterocycles. The minimum absolute atomic E-state index is 0.233. The van der Waals surface area contributed by atoms with Crippen LogP contribution in [0.1, 0.15) is 15.9 Å². The smallest absolute Gasteiger partial charge is 0.267 e. The van der Waals surface area contributed by atoms with Gasteiger partial charge >= 0.3 is 0 Å². The molecule has 0 fully saturated rings. The summed E-state index contributed by atoms with van der Waals surface area (Å²) in [6, 6.07) is 9.73. The molecular weight excluding hydrogens is 384 g/mol. The molecule has 0 saturated heterocycles. The summed E-state index contributed by atoms with van der Waals surface area (Å²) in [4.78, 5) is 31.9. The Bertz CT molecular complexity index is 803. The van der Waals surface area contributed by atoms with Crippen LogP contribution in [0.5, 0.6) is 0 Å². The summed E-state index contributed by atoms with van der Waals surface area (Å²) in [5, 5.41) is 25.3. The lowest BCUT2D eigenvalue weighted by molar-refractivity contribution is -0.394. The van der Waals surface area contributed by atoms with Crippen LogP contribution in [0.2, 0.25) is 0 Å². The Morgan fingerprint density at radius 1 is 1.04 bits per heavy atom. The number of nitrogens with one attached hydrogen (secondary N) is 1. The maximum atomic E-state index is 12.0. The molecule has 2 rings (SSSR count). The van der Waals surface area contributed by atoms with E-state index < -0.39 is 27.1 Å². The number of non-ortho nitro benzene ring substituents is 2. The molecule has 9 nitrogen and oxygen atoms in total. The van der Waals surface area contributed by atoms with Gasteiger partial charge in [0.2, 0.25) is 0 Å². The first-order valence-electron chi connectivity index (χ1n) is 6.39. The number of amides is 1. The summed E-state index contributed by atoms with van der Waals surface area (Å²) in [5.74, 6) is -0.796. The largest absolute Gasteiger partial charge is 0.277 e. The molecule has 0 aromatic heterocycles. The standard InChI is InChI=1S/C14H9BrN4O5/c15-11-3-1-9(2-4-11)8-16-17-14(20)10-5-12(18(21)22)7-13(6-10)19(23)24/h1-8H,(H,17,20)/b16-8-. The highest BCUT2D eigenvalue weighted by atomic mass is 79.9. The molecule has 10 heteroatoms. The zero-order valence-electron chi connectivity index (χ0n) is 11.9. The van der Waals surface area contributed by atoms with Crippen molar-refractivity contribution in [3.05, 3.63) is 78.3 Å². The number of benzene rings is 2. The van der Waals surface area contributed by atoms with Crippen LogP contribution in [-0.2, 0) is 0 Å². The van der Waals surface area contributed by atoms with Crippen molar-refractivity contribution in [2.24, 2.45) is 5.10 Å². The molecule has 0 bridgehead atoms. The van der Waals surface area contributed by atoms with Gasteiger partial charge in [0.05, 0.1) is 27.7 Å². The maximum Gasteiger partial charge on any atom is 0.277 e. The predicted octanol–water partition coefficient (Wildman–Crippen LogP) is 3.03. The lowest BCUT2D eigenvalue weighted by Gasteiger charge is -2.01. The first kappa shape index (κ1) is 17.2. The van der Waals surface area contributed by atoms with Crippen molar-refractivity contribution in [1.82, 2.24) is 5.43 Å². The second-order valence-electron chi connectivity index (χ2n) is 4.50. The Kier molecular flexibility index (Phi) is 5.32. The highest BCUT2D eigenvalue weighted by Crippen LogP contribution is 2.22. The molecule has 0 spiro atoms. The number of hydrogen-bond acceptors (Lipinski definition) is 6. The second-order valence-corrected chi connectivity index (χ2v) is 5.42. The number of nitro benzene ring substituents is 2. The van der Waals surface area contributed by atoms with Crippen molar-refractivity contribution >= 4 is 39.4 Å². The third kappa shape index (κ3) is 4.43. The number of hydrazone groups is 1. The van der Waals surface area contributed by atoms with E-state index >= 15 is 0 Å². The van der Waals surface area contributed by atoms with Gasteiger partial charge in [-0.3, -0.25) is 25.0 Å². The third-order valence-corrected chi connectivity index (χ3v) is 3.36. The van der Waals surface area contributed by atoms with Crippen molar-refractivity contribution in [2.45, 2.75) is 0 Å². The minimum atomic E-state index is -0.811. The first-order chi connectivity index (χ1) is 11.4. The molecule has 0 aliphatic rings. The van der Waals surface area contributed by atoms with Gasteiger partial charge in [0.1, 0.15) is 0 Å². The second kappa shape index (κ2) is 7.42. The van der Waals surface area contributed by atoms with Crippen molar-refractivity contribution in [3.63, 3.8) is 0 Å². The van der Waals surface area contributed by atoms with Crippen LogP contribution in [0.3, 0.4) is 0 Å². The zero-order chi connectivity index (χ0) is 17.7. The minimum Gasteiger partial charge on any atom is -0.267 e. The Hall–Kier alpha value is -3.14. The quantitative estimate of drug-likeness (QED) is 0.474. The van der Waals surface area contributed by atoms with Crippen LogP contribution in [0.25, 0.3) is 0 Å².